The summed E-state index contributed by atoms with van der Waals surface area (Å²) < 4.78 is 12.5. The number of thioether (sulfide) groups is 1. The van der Waals surface area contributed by atoms with E-state index < -0.39 is 11.1 Å². The lowest BCUT2D eigenvalue weighted by atomic mass is 10.1. The van der Waals surface area contributed by atoms with Crippen molar-refractivity contribution >= 4 is 79.7 Å². The summed E-state index contributed by atoms with van der Waals surface area (Å²) in [5.74, 6) is 0.580. The van der Waals surface area contributed by atoms with Gasteiger partial charge in [-0.25, -0.2) is 0 Å². The predicted octanol–water partition coefficient (Wildman–Crippen LogP) is 8.62. The number of nitrogens with zero attached hydrogens (tertiary/aromatic N) is 1. The molecule has 36 heavy (non-hydrogen) atoms. The molecule has 1 aliphatic rings. The summed E-state index contributed by atoms with van der Waals surface area (Å²) >= 11 is 23.1. The average Bonchev–Trinajstić information content (AvgIpc) is 3.09. The lowest BCUT2D eigenvalue weighted by Gasteiger charge is -2.15. The fourth-order valence-electron chi connectivity index (χ4n) is 3.47. The van der Waals surface area contributed by atoms with Crippen LogP contribution in [-0.2, 0) is 17.9 Å². The number of amides is 2. The summed E-state index contributed by atoms with van der Waals surface area (Å²) in [6.07, 6.45) is 1.64. The maximum Gasteiger partial charge on any atom is 0.293 e. The van der Waals surface area contributed by atoms with Gasteiger partial charge >= 0.3 is 0 Å². The van der Waals surface area contributed by atoms with Gasteiger partial charge in [-0.2, -0.15) is 0 Å². The van der Waals surface area contributed by atoms with Crippen LogP contribution in [-0.4, -0.2) is 22.7 Å². The van der Waals surface area contributed by atoms with Gasteiger partial charge in [-0.05, 0) is 76.6 Å². The van der Waals surface area contributed by atoms with Gasteiger partial charge in [0.15, 0.2) is 11.5 Å². The van der Waals surface area contributed by atoms with Crippen molar-refractivity contribution < 1.29 is 19.1 Å². The van der Waals surface area contributed by atoms with Crippen LogP contribution in [0, 0.1) is 0 Å². The first kappa shape index (κ1) is 26.9. The third-order valence-corrected chi connectivity index (χ3v) is 7.78. The van der Waals surface area contributed by atoms with Gasteiger partial charge in [0.05, 0.1) is 22.5 Å². The number of rotatable bonds is 8. The topological polar surface area (TPSA) is 55.8 Å². The smallest absolute Gasteiger partial charge is 0.293 e. The first-order chi connectivity index (χ1) is 17.3. The second-order valence-corrected chi connectivity index (χ2v) is 10.7. The number of carbonyl (C=O) groups excluding carboxylic acids is 2. The van der Waals surface area contributed by atoms with E-state index in [0.29, 0.717) is 48.8 Å². The van der Waals surface area contributed by atoms with Crippen LogP contribution < -0.4 is 9.47 Å². The van der Waals surface area contributed by atoms with Crippen LogP contribution in [0.25, 0.3) is 6.08 Å². The molecule has 4 rings (SSSR count). The highest BCUT2D eigenvalue weighted by Crippen LogP contribution is 2.40. The highest BCUT2D eigenvalue weighted by Gasteiger charge is 2.35. The zero-order chi connectivity index (χ0) is 25.8. The van der Waals surface area contributed by atoms with Gasteiger partial charge in [-0.3, -0.25) is 14.5 Å². The molecule has 0 atom stereocenters. The normalized spacial score (nSPS) is 14.6. The summed E-state index contributed by atoms with van der Waals surface area (Å²) in [5, 5.41) is 0.995. The van der Waals surface area contributed by atoms with Gasteiger partial charge in [-0.15, -0.1) is 0 Å². The number of hydrogen-bond acceptors (Lipinski definition) is 5. The molecule has 1 heterocycles. The number of halogens is 4. The highest BCUT2D eigenvalue weighted by atomic mass is 79.9. The van der Waals surface area contributed by atoms with Gasteiger partial charge < -0.3 is 9.47 Å². The lowest BCUT2D eigenvalue weighted by molar-refractivity contribution is -0.123. The lowest BCUT2D eigenvalue weighted by Crippen LogP contribution is -2.27. The molecule has 0 aromatic heterocycles. The SMILES string of the molecule is CCOc1cc(/C=C2/SC(=O)N(Cc3c(Cl)cccc3Cl)C2=O)cc(Br)c1OCc1ccccc1Cl. The highest BCUT2D eigenvalue weighted by molar-refractivity contribution is 9.10. The van der Waals surface area contributed by atoms with Crippen LogP contribution in [0.3, 0.4) is 0 Å². The molecular formula is C26H19BrCl3NO4S. The molecule has 0 aliphatic carbocycles. The Morgan fingerprint density at radius 1 is 0.972 bits per heavy atom. The fraction of sp³-hybridized carbons (Fsp3) is 0.154. The number of imide groups is 1. The third kappa shape index (κ3) is 6.03. The Hall–Kier alpha value is -2.16. The molecule has 3 aromatic rings. The maximum absolute atomic E-state index is 13.1. The molecule has 1 fully saturated rings. The average molecular weight is 628 g/mol. The Balaban J connectivity index is 1.58. The van der Waals surface area contributed by atoms with Crippen LogP contribution >= 0.6 is 62.5 Å². The standard InChI is InChI=1S/C26H19BrCl3NO4S/c1-2-34-22-11-15(10-18(27)24(22)35-14-16-6-3-4-7-19(16)28)12-23-25(32)31(26(33)36-23)13-17-20(29)8-5-9-21(17)30/h3-12H,2,13-14H2,1H3/b23-12+. The molecule has 0 spiro atoms. The van der Waals surface area contributed by atoms with Crippen LogP contribution in [0.5, 0.6) is 11.5 Å². The van der Waals surface area contributed by atoms with Crippen molar-refractivity contribution in [3.05, 3.63) is 95.7 Å². The summed E-state index contributed by atoms with van der Waals surface area (Å²) in [6.45, 7) is 2.52. The van der Waals surface area contributed by atoms with Crippen molar-refractivity contribution in [2.75, 3.05) is 6.61 Å². The van der Waals surface area contributed by atoms with E-state index in [-0.39, 0.29) is 18.1 Å². The predicted molar refractivity (Wildman–Crippen MR) is 149 cm³/mol. The number of carbonyl (C=O) groups is 2. The second-order valence-electron chi connectivity index (χ2n) is 7.61. The molecule has 10 heteroatoms. The zero-order valence-electron chi connectivity index (χ0n) is 18.9. The number of hydrogen-bond donors (Lipinski definition) is 0. The third-order valence-electron chi connectivity index (χ3n) is 5.21. The molecular weight excluding hydrogens is 609 g/mol. The molecule has 3 aromatic carbocycles. The Kier molecular flexibility index (Phi) is 8.91. The first-order valence-electron chi connectivity index (χ1n) is 10.8. The molecule has 0 radical (unpaired) electrons. The van der Waals surface area contributed by atoms with Crippen LogP contribution in [0.2, 0.25) is 15.1 Å². The fourth-order valence-corrected chi connectivity index (χ4v) is 5.59. The second kappa shape index (κ2) is 11.9. The molecule has 0 unspecified atom stereocenters. The van der Waals surface area contributed by atoms with Gasteiger partial charge in [0.25, 0.3) is 11.1 Å². The van der Waals surface area contributed by atoms with Crippen molar-refractivity contribution in [1.82, 2.24) is 4.90 Å². The van der Waals surface area contributed by atoms with Crippen LogP contribution in [0.15, 0.2) is 64.0 Å². The van der Waals surface area contributed by atoms with Gasteiger partial charge in [-0.1, -0.05) is 59.1 Å². The van der Waals surface area contributed by atoms with E-state index in [2.05, 4.69) is 15.9 Å². The minimum atomic E-state index is -0.422. The van der Waals surface area contributed by atoms with Crippen molar-refractivity contribution in [2.45, 2.75) is 20.1 Å². The first-order valence-corrected chi connectivity index (χ1v) is 13.5. The summed E-state index contributed by atoms with van der Waals surface area (Å²) in [5.41, 5.74) is 2.02. The van der Waals surface area contributed by atoms with Crippen LogP contribution in [0.1, 0.15) is 23.6 Å². The van der Waals surface area contributed by atoms with Crippen LogP contribution in [0.4, 0.5) is 4.79 Å². The largest absolute Gasteiger partial charge is 0.490 e. The van der Waals surface area contributed by atoms with E-state index in [1.54, 1.807) is 42.5 Å². The zero-order valence-corrected chi connectivity index (χ0v) is 23.6. The van der Waals surface area contributed by atoms with Crippen molar-refractivity contribution in [3.63, 3.8) is 0 Å². The molecule has 1 aliphatic heterocycles. The molecule has 1 saturated heterocycles. The molecule has 2 amide bonds. The van der Waals surface area contributed by atoms with Gasteiger partial charge in [0.2, 0.25) is 0 Å². The monoisotopic (exact) mass is 625 g/mol. The Labute approximate surface area is 236 Å². The van der Waals surface area contributed by atoms with Crippen molar-refractivity contribution in [3.8, 4) is 11.5 Å². The van der Waals surface area contributed by atoms with E-state index in [9.17, 15) is 9.59 Å². The van der Waals surface area contributed by atoms with E-state index in [1.165, 1.54) is 0 Å². The molecule has 0 bridgehead atoms. The Morgan fingerprint density at radius 2 is 1.67 bits per heavy atom. The van der Waals surface area contributed by atoms with E-state index in [1.807, 2.05) is 25.1 Å². The Morgan fingerprint density at radius 3 is 2.36 bits per heavy atom. The molecule has 0 N–H and O–H groups in total. The van der Waals surface area contributed by atoms with E-state index in [4.69, 9.17) is 44.3 Å². The number of benzene rings is 3. The quantitative estimate of drug-likeness (QED) is 0.234. The molecule has 0 saturated carbocycles. The summed E-state index contributed by atoms with van der Waals surface area (Å²) in [4.78, 5) is 27.1. The minimum absolute atomic E-state index is 0.0107. The van der Waals surface area contributed by atoms with E-state index >= 15 is 0 Å². The van der Waals surface area contributed by atoms with Crippen molar-refractivity contribution in [1.29, 1.82) is 0 Å². The summed E-state index contributed by atoms with van der Waals surface area (Å²) in [6, 6.07) is 16.0. The summed E-state index contributed by atoms with van der Waals surface area (Å²) in [7, 11) is 0. The maximum atomic E-state index is 13.1. The minimum Gasteiger partial charge on any atom is -0.490 e. The number of ether oxygens (including phenoxy) is 2. The van der Waals surface area contributed by atoms with Crippen molar-refractivity contribution in [2.24, 2.45) is 0 Å². The van der Waals surface area contributed by atoms with E-state index in [0.717, 1.165) is 22.2 Å². The molecule has 186 valence electrons. The Bertz CT molecular complexity index is 1340. The molecule has 5 nitrogen and oxygen atoms in total. The van der Waals surface area contributed by atoms with Gasteiger partial charge in [0, 0.05) is 26.2 Å². The van der Waals surface area contributed by atoms with Gasteiger partial charge in [0.1, 0.15) is 6.61 Å².